The Labute approximate surface area is 311 Å². The largest absolute Gasteiger partial charge is 0.481 e. The van der Waals surface area contributed by atoms with Crippen LogP contribution in [0, 0.1) is 56.2 Å². The first-order chi connectivity index (χ1) is 24.9. The molecule has 1 aliphatic heterocycles. The van der Waals surface area contributed by atoms with E-state index in [0.717, 1.165) is 12.1 Å². The average Bonchev–Trinajstić information content (AvgIpc) is 3.63. The van der Waals surface area contributed by atoms with Crippen LogP contribution < -0.4 is 0 Å². The van der Waals surface area contributed by atoms with E-state index < -0.39 is 82.6 Å². The smallest absolute Gasteiger partial charge is 0.310 e. The van der Waals surface area contributed by atoms with Crippen molar-refractivity contribution >= 4 is 5.97 Å². The Balaban J connectivity index is 1.32. The molecule has 9 N–H and O–H groups in total. The van der Waals surface area contributed by atoms with Crippen LogP contribution in [-0.4, -0.2) is 120 Å². The fraction of sp³-hybridized carbons (Fsp3) is 0.850. The number of aromatic nitrogens is 2. The van der Waals surface area contributed by atoms with E-state index in [9.17, 15) is 45.6 Å². The normalized spacial score (nSPS) is 51.6. The van der Waals surface area contributed by atoms with Crippen LogP contribution in [0.15, 0.2) is 24.2 Å². The Kier molecular flexibility index (Phi) is 9.89. The first kappa shape index (κ1) is 39.3. The second-order valence-electron chi connectivity index (χ2n) is 19.2. The van der Waals surface area contributed by atoms with Gasteiger partial charge in [-0.25, -0.2) is 4.98 Å². The number of hydrogen-bond donors (Lipinski definition) is 9. The van der Waals surface area contributed by atoms with Crippen LogP contribution in [0.4, 0.5) is 0 Å². The van der Waals surface area contributed by atoms with Gasteiger partial charge in [-0.05, 0) is 103 Å². The molecule has 13 heteroatoms. The molecule has 0 unspecified atom stereocenters. The van der Waals surface area contributed by atoms with E-state index in [1.54, 1.807) is 6.33 Å². The Morgan fingerprint density at radius 1 is 1.00 bits per heavy atom. The highest BCUT2D eigenvalue weighted by atomic mass is 16.7. The molecule has 13 nitrogen and oxygen atoms in total. The van der Waals surface area contributed by atoms with Crippen molar-refractivity contribution in [2.45, 2.75) is 135 Å². The van der Waals surface area contributed by atoms with Gasteiger partial charge in [0.2, 0.25) is 0 Å². The van der Waals surface area contributed by atoms with Crippen molar-refractivity contribution < 1.29 is 55.1 Å². The molecule has 6 aliphatic rings. The van der Waals surface area contributed by atoms with E-state index in [0.29, 0.717) is 51.4 Å². The van der Waals surface area contributed by atoms with Gasteiger partial charge < -0.3 is 55.3 Å². The number of ether oxygens (including phenoxy) is 2. The summed E-state index contributed by atoms with van der Waals surface area (Å²) in [7, 11) is 0. The molecule has 1 aromatic rings. The lowest BCUT2D eigenvalue weighted by atomic mass is 9.31. The number of carboxylic acid groups (broad SMARTS) is 1. The SMILES string of the molecule is C[C@]1(CO)CC[C@]2(C(=O)O)C[C@H](Cc3cnc[nH]3)[C@]3(C)C(=CC[C@@H]4[C@@]5(C)C[C@@H](O)[C@@H](O[C@@H]6OC[C@@H](O)[C@H](O)[C@H]6O)[C@@](C)([C@H](O)CO)[C@H]5CC[C@]43C)[C@@H]2C1. The van der Waals surface area contributed by atoms with Crippen LogP contribution in [0.1, 0.15) is 91.7 Å². The number of nitrogens with zero attached hydrogens (tertiary/aromatic N) is 1. The van der Waals surface area contributed by atoms with Crippen LogP contribution in [0.3, 0.4) is 0 Å². The second kappa shape index (κ2) is 13.3. The lowest BCUT2D eigenvalue weighted by Gasteiger charge is -2.73. The quantitative estimate of drug-likeness (QED) is 0.138. The maximum absolute atomic E-state index is 13.5. The molecule has 1 saturated heterocycles. The van der Waals surface area contributed by atoms with Gasteiger partial charge in [0.15, 0.2) is 6.29 Å². The Bertz CT molecular complexity index is 1560. The number of hydrogen-bond acceptors (Lipinski definition) is 11. The average molecular weight is 747 g/mol. The van der Waals surface area contributed by atoms with E-state index in [-0.39, 0.29) is 42.3 Å². The molecule has 5 fully saturated rings. The van der Waals surface area contributed by atoms with E-state index in [1.165, 1.54) is 5.57 Å². The van der Waals surface area contributed by atoms with Crippen molar-refractivity contribution in [3.8, 4) is 0 Å². The van der Waals surface area contributed by atoms with Gasteiger partial charge in [-0.1, -0.05) is 46.3 Å². The van der Waals surface area contributed by atoms with E-state index in [2.05, 4.69) is 43.7 Å². The first-order valence-electron chi connectivity index (χ1n) is 19.7. The number of imidazole rings is 1. The number of nitrogens with one attached hydrogen (secondary N) is 1. The van der Waals surface area contributed by atoms with Crippen molar-refractivity contribution in [2.24, 2.45) is 56.2 Å². The molecule has 2 heterocycles. The fourth-order valence-electron chi connectivity index (χ4n) is 13.6. The molecule has 0 spiro atoms. The summed E-state index contributed by atoms with van der Waals surface area (Å²) in [4.78, 5) is 21.1. The molecule has 53 heavy (non-hydrogen) atoms. The van der Waals surface area contributed by atoms with Gasteiger partial charge in [-0.3, -0.25) is 4.79 Å². The lowest BCUT2D eigenvalue weighted by Crippen LogP contribution is -2.71. The number of aliphatic carboxylic acids is 1. The van der Waals surface area contributed by atoms with Gasteiger partial charge in [-0.2, -0.15) is 0 Å². The van der Waals surface area contributed by atoms with Crippen molar-refractivity contribution in [1.29, 1.82) is 0 Å². The van der Waals surface area contributed by atoms with Crippen molar-refractivity contribution in [3.63, 3.8) is 0 Å². The van der Waals surface area contributed by atoms with Crippen LogP contribution >= 0.6 is 0 Å². The minimum Gasteiger partial charge on any atom is -0.481 e. The first-order valence-corrected chi connectivity index (χ1v) is 19.7. The van der Waals surface area contributed by atoms with Crippen LogP contribution in [-0.2, 0) is 20.7 Å². The zero-order valence-corrected chi connectivity index (χ0v) is 31.8. The summed E-state index contributed by atoms with van der Waals surface area (Å²) < 4.78 is 11.9. The number of fused-ring (bicyclic) bond motifs is 7. The highest BCUT2D eigenvalue weighted by Gasteiger charge is 2.73. The van der Waals surface area contributed by atoms with Gasteiger partial charge in [0.25, 0.3) is 0 Å². The molecule has 298 valence electrons. The molecule has 0 aromatic carbocycles. The predicted octanol–water partition coefficient (Wildman–Crippen LogP) is 2.17. The Hall–Kier alpha value is -1.94. The fourth-order valence-corrected chi connectivity index (χ4v) is 13.6. The highest BCUT2D eigenvalue weighted by Crippen LogP contribution is 2.77. The zero-order valence-electron chi connectivity index (χ0n) is 31.8. The van der Waals surface area contributed by atoms with E-state index in [4.69, 9.17) is 9.47 Å². The maximum Gasteiger partial charge on any atom is 0.310 e. The second-order valence-corrected chi connectivity index (χ2v) is 19.2. The van der Waals surface area contributed by atoms with Gasteiger partial charge in [0.05, 0.1) is 43.3 Å². The standard InChI is InChI=1S/C40H62N2O11/c1-35(19-44)10-11-40(34(50)51)13-21(12-22-16-41-20-42-22)39(5)23(24(40)14-35)6-7-27-36(2)15-25(45)32(53-33-31(49)30(48)26(46)18-52-33)38(4,29(47)17-43)28(36)8-9-37(27,39)3/h6,16,20-21,24-33,43-49H,7-15,17-19H2,1-5H3,(H,41,42)(H,50,51)/t21-,24-,25+,26+,27+,28-,29+,30-,31+,32+,33-,35-,36+,37+,38+,39+,40-/m0/s1. The third kappa shape index (κ3) is 5.49. The summed E-state index contributed by atoms with van der Waals surface area (Å²) in [6, 6.07) is 0. The van der Waals surface area contributed by atoms with Gasteiger partial charge >= 0.3 is 5.97 Å². The third-order valence-corrected chi connectivity index (χ3v) is 16.8. The Morgan fingerprint density at radius 2 is 1.74 bits per heavy atom. The monoisotopic (exact) mass is 746 g/mol. The number of H-pyrrole nitrogens is 1. The predicted molar refractivity (Wildman–Crippen MR) is 191 cm³/mol. The van der Waals surface area contributed by atoms with E-state index in [1.807, 2.05) is 13.1 Å². The highest BCUT2D eigenvalue weighted by molar-refractivity contribution is 5.77. The van der Waals surface area contributed by atoms with Crippen molar-refractivity contribution in [3.05, 3.63) is 29.9 Å². The zero-order chi connectivity index (χ0) is 38.5. The number of carboxylic acids is 1. The minimum absolute atomic E-state index is 0.00420. The van der Waals surface area contributed by atoms with Crippen molar-refractivity contribution in [1.82, 2.24) is 9.97 Å². The number of allylic oxidation sites excluding steroid dienone is 2. The van der Waals surface area contributed by atoms with Gasteiger partial charge in [-0.15, -0.1) is 0 Å². The summed E-state index contributed by atoms with van der Waals surface area (Å²) in [6.45, 7) is 9.91. The topological polar surface area (TPSA) is 226 Å². The van der Waals surface area contributed by atoms with E-state index >= 15 is 0 Å². The Morgan fingerprint density at radius 3 is 2.38 bits per heavy atom. The number of aliphatic hydroxyl groups excluding tert-OH is 7. The number of aliphatic hydroxyl groups is 7. The summed E-state index contributed by atoms with van der Waals surface area (Å²) in [5.41, 5.74) is -1.83. The number of aromatic amines is 1. The summed E-state index contributed by atoms with van der Waals surface area (Å²) in [6.07, 6.45) is 1.66. The molecule has 0 bridgehead atoms. The third-order valence-electron chi connectivity index (χ3n) is 16.8. The molecule has 17 atom stereocenters. The number of rotatable bonds is 8. The lowest BCUT2D eigenvalue weighted by molar-refractivity contribution is -0.336. The van der Waals surface area contributed by atoms with Crippen molar-refractivity contribution in [2.75, 3.05) is 19.8 Å². The minimum atomic E-state index is -1.59. The van der Waals surface area contributed by atoms with Crippen LogP contribution in [0.5, 0.6) is 0 Å². The molecule has 4 saturated carbocycles. The summed E-state index contributed by atoms with van der Waals surface area (Å²) in [5, 5.41) is 87.2. The molecular weight excluding hydrogens is 684 g/mol. The molecular formula is C40H62N2O11. The van der Waals surface area contributed by atoms with Gasteiger partial charge in [0, 0.05) is 23.9 Å². The maximum atomic E-state index is 13.5. The molecule has 0 radical (unpaired) electrons. The summed E-state index contributed by atoms with van der Waals surface area (Å²) >= 11 is 0. The molecule has 0 amide bonds. The number of carbonyl (C=O) groups is 1. The van der Waals surface area contributed by atoms with Crippen LogP contribution in [0.2, 0.25) is 0 Å². The molecule has 1 aromatic heterocycles. The van der Waals surface area contributed by atoms with Gasteiger partial charge in [0.1, 0.15) is 18.3 Å². The molecule has 7 rings (SSSR count). The molecule has 5 aliphatic carbocycles. The summed E-state index contributed by atoms with van der Waals surface area (Å²) in [5.74, 6) is -1.33. The van der Waals surface area contributed by atoms with Crippen LogP contribution in [0.25, 0.3) is 0 Å².